The molecule has 1 aliphatic rings. The van der Waals surface area contributed by atoms with Gasteiger partial charge in [-0.05, 0) is 48.0 Å². The molecule has 0 radical (unpaired) electrons. The minimum atomic E-state index is -0.441. The molecule has 1 atom stereocenters. The zero-order chi connectivity index (χ0) is 18.8. The van der Waals surface area contributed by atoms with Gasteiger partial charge in [0.2, 0.25) is 0 Å². The van der Waals surface area contributed by atoms with Crippen LogP contribution in [0.4, 0.5) is 4.39 Å². The first-order chi connectivity index (χ1) is 13.1. The number of hydrogen-bond acceptors (Lipinski definition) is 3. The first-order valence-corrected chi connectivity index (χ1v) is 8.91. The smallest absolute Gasteiger partial charge is 0.251 e. The molecule has 1 unspecified atom stereocenters. The molecule has 2 aromatic carbocycles. The Hall–Kier alpha value is -2.92. The van der Waals surface area contributed by atoms with E-state index in [9.17, 15) is 9.18 Å². The minimum absolute atomic E-state index is 0.212. The van der Waals surface area contributed by atoms with E-state index in [1.807, 2.05) is 24.3 Å². The van der Waals surface area contributed by atoms with Crippen molar-refractivity contribution in [3.63, 3.8) is 0 Å². The molecular weight excluding hydrogens is 367 g/mol. The minimum Gasteiger partial charge on any atom is -0.487 e. The number of ether oxygens (including phenoxy) is 1. The van der Waals surface area contributed by atoms with Crippen LogP contribution in [0.25, 0.3) is 11.1 Å². The van der Waals surface area contributed by atoms with Crippen molar-refractivity contribution in [3.8, 4) is 16.9 Å². The van der Waals surface area contributed by atoms with Crippen molar-refractivity contribution in [1.82, 2.24) is 10.3 Å². The van der Waals surface area contributed by atoms with Crippen LogP contribution in [-0.2, 0) is 6.42 Å². The number of carbonyl (C=O) groups excluding carboxylic acids is 1. The van der Waals surface area contributed by atoms with Gasteiger partial charge in [0.15, 0.2) is 0 Å². The highest BCUT2D eigenvalue weighted by molar-refractivity contribution is 6.31. The molecule has 2 heterocycles. The van der Waals surface area contributed by atoms with E-state index in [0.29, 0.717) is 18.0 Å². The molecular formula is C21H16ClFN2O2. The summed E-state index contributed by atoms with van der Waals surface area (Å²) in [5.41, 5.74) is 3.15. The third-order valence-electron chi connectivity index (χ3n) is 4.43. The molecule has 1 N–H and O–H groups in total. The summed E-state index contributed by atoms with van der Waals surface area (Å²) in [6.45, 7) is 0.317. The Morgan fingerprint density at radius 1 is 1.22 bits per heavy atom. The molecule has 27 heavy (non-hydrogen) atoms. The van der Waals surface area contributed by atoms with Crippen LogP contribution in [-0.4, -0.2) is 23.5 Å². The van der Waals surface area contributed by atoms with Gasteiger partial charge in [0.25, 0.3) is 5.91 Å². The van der Waals surface area contributed by atoms with Crippen LogP contribution < -0.4 is 10.1 Å². The molecule has 0 aliphatic carbocycles. The van der Waals surface area contributed by atoms with Crippen LogP contribution in [0.5, 0.6) is 5.75 Å². The molecule has 136 valence electrons. The van der Waals surface area contributed by atoms with Gasteiger partial charge in [0.1, 0.15) is 17.7 Å². The first kappa shape index (κ1) is 17.5. The van der Waals surface area contributed by atoms with Gasteiger partial charge < -0.3 is 10.1 Å². The zero-order valence-corrected chi connectivity index (χ0v) is 15.0. The van der Waals surface area contributed by atoms with E-state index in [1.54, 1.807) is 18.5 Å². The summed E-state index contributed by atoms with van der Waals surface area (Å²) >= 11 is 6.27. The average Bonchev–Trinajstić information content (AvgIpc) is 3.09. The summed E-state index contributed by atoms with van der Waals surface area (Å²) in [5.74, 6) is 0.000793. The molecule has 3 aromatic rings. The van der Waals surface area contributed by atoms with Gasteiger partial charge in [-0.3, -0.25) is 9.78 Å². The van der Waals surface area contributed by atoms with Crippen LogP contribution in [0.3, 0.4) is 0 Å². The van der Waals surface area contributed by atoms with Gasteiger partial charge in [-0.15, -0.1) is 0 Å². The number of aromatic nitrogens is 1. The van der Waals surface area contributed by atoms with Crippen molar-refractivity contribution in [3.05, 3.63) is 82.9 Å². The fourth-order valence-electron chi connectivity index (χ4n) is 3.19. The van der Waals surface area contributed by atoms with Crippen LogP contribution in [0.1, 0.15) is 15.9 Å². The Morgan fingerprint density at radius 3 is 2.81 bits per heavy atom. The van der Waals surface area contributed by atoms with Crippen molar-refractivity contribution in [2.45, 2.75) is 12.5 Å². The topological polar surface area (TPSA) is 51.2 Å². The summed E-state index contributed by atoms with van der Waals surface area (Å²) in [4.78, 5) is 16.2. The summed E-state index contributed by atoms with van der Waals surface area (Å²) in [6.07, 6.45) is 3.86. The highest BCUT2D eigenvalue weighted by Crippen LogP contribution is 2.40. The van der Waals surface area contributed by atoms with Crippen molar-refractivity contribution >= 4 is 17.5 Å². The predicted octanol–water partition coefficient (Wildman–Crippen LogP) is 4.27. The Bertz CT molecular complexity index is 995. The lowest BCUT2D eigenvalue weighted by molar-refractivity contribution is 0.0933. The molecule has 4 nitrogen and oxygen atoms in total. The lowest BCUT2D eigenvalue weighted by Gasteiger charge is -2.14. The third kappa shape index (κ3) is 3.78. The Morgan fingerprint density at radius 2 is 2.04 bits per heavy atom. The Kier molecular flexibility index (Phi) is 4.77. The van der Waals surface area contributed by atoms with E-state index in [-0.39, 0.29) is 17.6 Å². The number of nitrogens with zero attached hydrogens (tertiary/aromatic N) is 1. The van der Waals surface area contributed by atoms with Crippen LogP contribution in [0.2, 0.25) is 5.02 Å². The molecule has 0 bridgehead atoms. The quantitative estimate of drug-likeness (QED) is 0.733. The average molecular weight is 383 g/mol. The third-order valence-corrected chi connectivity index (χ3v) is 4.65. The molecule has 6 heteroatoms. The highest BCUT2D eigenvalue weighted by atomic mass is 35.5. The molecule has 4 rings (SSSR count). The Balaban J connectivity index is 1.49. The monoisotopic (exact) mass is 382 g/mol. The Labute approximate surface area is 161 Å². The number of amides is 1. The van der Waals surface area contributed by atoms with Gasteiger partial charge in [-0.25, -0.2) is 4.39 Å². The van der Waals surface area contributed by atoms with E-state index < -0.39 is 5.82 Å². The van der Waals surface area contributed by atoms with Gasteiger partial charge in [0, 0.05) is 40.5 Å². The number of pyridine rings is 1. The summed E-state index contributed by atoms with van der Waals surface area (Å²) in [7, 11) is 0. The SMILES string of the molecule is O=C(NCC1Cc2cc(Cl)cc(-c3ccncc3)c2O1)c1cccc(F)c1. The summed E-state index contributed by atoms with van der Waals surface area (Å²) in [6, 6.07) is 13.1. The maximum atomic E-state index is 13.3. The number of fused-ring (bicyclic) bond motifs is 1. The fourth-order valence-corrected chi connectivity index (χ4v) is 3.43. The molecule has 1 amide bonds. The predicted molar refractivity (Wildman–Crippen MR) is 102 cm³/mol. The normalized spacial score (nSPS) is 15.1. The van der Waals surface area contributed by atoms with Gasteiger partial charge >= 0.3 is 0 Å². The van der Waals surface area contributed by atoms with Gasteiger partial charge in [-0.2, -0.15) is 0 Å². The molecule has 1 aliphatic heterocycles. The van der Waals surface area contributed by atoms with Gasteiger partial charge in [-0.1, -0.05) is 17.7 Å². The molecule has 0 saturated heterocycles. The second kappa shape index (κ2) is 7.37. The highest BCUT2D eigenvalue weighted by Gasteiger charge is 2.27. The van der Waals surface area contributed by atoms with E-state index in [2.05, 4.69) is 10.3 Å². The van der Waals surface area contributed by atoms with Gasteiger partial charge in [0.05, 0.1) is 6.54 Å². The number of halogens is 2. The molecule has 0 saturated carbocycles. The largest absolute Gasteiger partial charge is 0.487 e. The number of hydrogen-bond donors (Lipinski definition) is 1. The number of benzene rings is 2. The summed E-state index contributed by atoms with van der Waals surface area (Å²) < 4.78 is 19.4. The van der Waals surface area contributed by atoms with Crippen LogP contribution >= 0.6 is 11.6 Å². The zero-order valence-electron chi connectivity index (χ0n) is 14.3. The summed E-state index contributed by atoms with van der Waals surface area (Å²) in [5, 5.41) is 3.44. The van der Waals surface area contributed by atoms with Crippen molar-refractivity contribution in [1.29, 1.82) is 0 Å². The van der Waals surface area contributed by atoms with Crippen molar-refractivity contribution in [2.75, 3.05) is 6.54 Å². The number of carbonyl (C=O) groups is 1. The number of rotatable bonds is 4. The first-order valence-electron chi connectivity index (χ1n) is 8.53. The molecule has 0 spiro atoms. The van der Waals surface area contributed by atoms with Crippen molar-refractivity contribution < 1.29 is 13.9 Å². The van der Waals surface area contributed by atoms with E-state index in [4.69, 9.17) is 16.3 Å². The molecule has 0 fully saturated rings. The van der Waals surface area contributed by atoms with E-state index >= 15 is 0 Å². The van der Waals surface area contributed by atoms with Crippen LogP contribution in [0, 0.1) is 5.82 Å². The second-order valence-electron chi connectivity index (χ2n) is 6.34. The number of nitrogens with one attached hydrogen (secondary N) is 1. The lowest BCUT2D eigenvalue weighted by atomic mass is 10.0. The van der Waals surface area contributed by atoms with Crippen LogP contribution in [0.15, 0.2) is 60.9 Å². The standard InChI is InChI=1S/C21H16ClFN2O2/c22-16-8-15-10-18(12-25-21(26)14-2-1-3-17(23)9-14)27-20(15)19(11-16)13-4-6-24-7-5-13/h1-9,11,18H,10,12H2,(H,25,26). The van der Waals surface area contributed by atoms with Crippen molar-refractivity contribution in [2.24, 2.45) is 0 Å². The lowest BCUT2D eigenvalue weighted by Crippen LogP contribution is -2.34. The second-order valence-corrected chi connectivity index (χ2v) is 6.78. The maximum absolute atomic E-state index is 13.3. The van der Waals surface area contributed by atoms with E-state index in [1.165, 1.54) is 18.2 Å². The maximum Gasteiger partial charge on any atom is 0.251 e. The van der Waals surface area contributed by atoms with E-state index in [0.717, 1.165) is 22.4 Å². The fraction of sp³-hybridized carbons (Fsp3) is 0.143. The molecule has 1 aromatic heterocycles.